The molecular formula is C24H27BrO3. The Morgan fingerprint density at radius 1 is 0.929 bits per heavy atom. The van der Waals surface area contributed by atoms with Crippen LogP contribution in [0.4, 0.5) is 0 Å². The van der Waals surface area contributed by atoms with Crippen LogP contribution in [0.3, 0.4) is 0 Å². The van der Waals surface area contributed by atoms with E-state index in [0.29, 0.717) is 28.9 Å². The lowest BCUT2D eigenvalue weighted by molar-refractivity contribution is 0.304. The summed E-state index contributed by atoms with van der Waals surface area (Å²) >= 11 is 3.47. The van der Waals surface area contributed by atoms with Gasteiger partial charge in [0.25, 0.3) is 0 Å². The van der Waals surface area contributed by atoms with Gasteiger partial charge in [-0.25, -0.2) is 0 Å². The van der Waals surface area contributed by atoms with Gasteiger partial charge in [0.05, 0.1) is 12.0 Å². The molecule has 2 aromatic carbocycles. The monoisotopic (exact) mass is 442 g/mol. The number of unbranched alkanes of at least 4 members (excludes halogenated alkanes) is 5. The molecule has 0 radical (unpaired) electrons. The molecule has 0 saturated carbocycles. The molecule has 3 aromatic rings. The van der Waals surface area contributed by atoms with E-state index in [1.54, 1.807) is 6.07 Å². The molecule has 0 fully saturated rings. The highest BCUT2D eigenvalue weighted by atomic mass is 79.9. The Kier molecular flexibility index (Phi) is 7.72. The number of hydrogen-bond acceptors (Lipinski definition) is 3. The second kappa shape index (κ2) is 10.5. The first-order valence-electron chi connectivity index (χ1n) is 10.0. The van der Waals surface area contributed by atoms with E-state index < -0.39 is 0 Å². The van der Waals surface area contributed by atoms with Crippen molar-refractivity contribution >= 4 is 26.9 Å². The maximum Gasteiger partial charge on any atom is 0.196 e. The van der Waals surface area contributed by atoms with Gasteiger partial charge in [-0.15, -0.1) is 0 Å². The minimum atomic E-state index is 0.00938. The van der Waals surface area contributed by atoms with Crippen LogP contribution in [0.25, 0.3) is 22.3 Å². The molecule has 0 N–H and O–H groups in total. The number of ether oxygens (including phenoxy) is 1. The second-order valence-electron chi connectivity index (χ2n) is 7.07. The third-order valence-electron chi connectivity index (χ3n) is 4.92. The van der Waals surface area contributed by atoms with E-state index in [2.05, 4.69) is 15.9 Å². The summed E-state index contributed by atoms with van der Waals surface area (Å²) < 4.78 is 12.0. The van der Waals surface area contributed by atoms with Gasteiger partial charge in [-0.3, -0.25) is 4.79 Å². The van der Waals surface area contributed by atoms with E-state index >= 15 is 0 Å². The van der Waals surface area contributed by atoms with Crippen LogP contribution in [-0.2, 0) is 0 Å². The minimum absolute atomic E-state index is 0.00938. The van der Waals surface area contributed by atoms with Crippen molar-refractivity contribution in [3.63, 3.8) is 0 Å². The Hall–Kier alpha value is -2.07. The summed E-state index contributed by atoms with van der Waals surface area (Å²) in [6.45, 7) is 2.50. The van der Waals surface area contributed by atoms with Crippen molar-refractivity contribution in [2.45, 2.75) is 45.4 Å². The van der Waals surface area contributed by atoms with E-state index in [9.17, 15) is 4.79 Å². The average molecular weight is 443 g/mol. The highest BCUT2D eigenvalue weighted by Gasteiger charge is 2.13. The molecule has 4 heteroatoms. The van der Waals surface area contributed by atoms with Crippen molar-refractivity contribution in [1.29, 1.82) is 0 Å². The van der Waals surface area contributed by atoms with Crippen molar-refractivity contribution < 1.29 is 9.15 Å². The number of alkyl halides is 1. The van der Waals surface area contributed by atoms with Gasteiger partial charge in [0, 0.05) is 22.5 Å². The first-order chi connectivity index (χ1) is 13.7. The van der Waals surface area contributed by atoms with Gasteiger partial charge in [-0.1, -0.05) is 71.9 Å². The zero-order chi connectivity index (χ0) is 19.8. The Morgan fingerprint density at radius 2 is 1.64 bits per heavy atom. The summed E-state index contributed by atoms with van der Waals surface area (Å²) in [5.74, 6) is 1.37. The number of hydrogen-bond donors (Lipinski definition) is 0. The summed E-state index contributed by atoms with van der Waals surface area (Å²) in [5.41, 5.74) is 2.12. The Morgan fingerprint density at radius 3 is 2.39 bits per heavy atom. The van der Waals surface area contributed by atoms with Crippen molar-refractivity contribution in [2.75, 3.05) is 11.9 Å². The number of rotatable bonds is 10. The van der Waals surface area contributed by atoms with Gasteiger partial charge >= 0.3 is 0 Å². The van der Waals surface area contributed by atoms with Gasteiger partial charge in [0.15, 0.2) is 5.43 Å². The Balaban J connectivity index is 1.67. The molecule has 0 amide bonds. The summed E-state index contributed by atoms with van der Waals surface area (Å²) in [4.78, 5) is 12.7. The van der Waals surface area contributed by atoms with Crippen LogP contribution >= 0.6 is 15.9 Å². The molecule has 3 rings (SSSR count). The maximum absolute atomic E-state index is 12.7. The first-order valence-corrected chi connectivity index (χ1v) is 11.1. The van der Waals surface area contributed by atoms with E-state index in [1.165, 1.54) is 32.1 Å². The second-order valence-corrected chi connectivity index (χ2v) is 7.86. The number of halogens is 1. The van der Waals surface area contributed by atoms with Crippen molar-refractivity contribution in [1.82, 2.24) is 0 Å². The zero-order valence-corrected chi connectivity index (χ0v) is 18.0. The van der Waals surface area contributed by atoms with Crippen molar-refractivity contribution in [2.24, 2.45) is 0 Å². The van der Waals surface area contributed by atoms with Crippen LogP contribution in [0.15, 0.2) is 57.7 Å². The SMILES string of the molecule is Cc1c(-c2ccccc2)oc2cc(OCCCCCCCCBr)ccc2c1=O. The molecule has 3 nitrogen and oxygen atoms in total. The first kappa shape index (κ1) is 20.7. The topological polar surface area (TPSA) is 39.4 Å². The Bertz CT molecular complexity index is 947. The summed E-state index contributed by atoms with van der Waals surface area (Å²) in [6.07, 6.45) is 7.31. The quantitative estimate of drug-likeness (QED) is 0.253. The molecule has 0 bridgehead atoms. The minimum Gasteiger partial charge on any atom is -0.493 e. The predicted octanol–water partition coefficient (Wildman–Crippen LogP) is 6.88. The smallest absolute Gasteiger partial charge is 0.196 e. The van der Waals surface area contributed by atoms with Crippen molar-refractivity contribution in [3.8, 4) is 17.1 Å². The molecule has 0 aliphatic rings. The highest BCUT2D eigenvalue weighted by molar-refractivity contribution is 9.09. The van der Waals surface area contributed by atoms with Gasteiger partial charge in [-0.2, -0.15) is 0 Å². The third-order valence-corrected chi connectivity index (χ3v) is 5.48. The summed E-state index contributed by atoms with van der Waals surface area (Å²) in [7, 11) is 0. The van der Waals surface area contributed by atoms with Crippen LogP contribution < -0.4 is 10.2 Å². The van der Waals surface area contributed by atoms with E-state index in [1.807, 2.05) is 49.4 Å². The van der Waals surface area contributed by atoms with Crippen LogP contribution in [0.5, 0.6) is 5.75 Å². The third kappa shape index (κ3) is 5.26. The van der Waals surface area contributed by atoms with E-state index in [0.717, 1.165) is 23.1 Å². The molecule has 0 aliphatic heterocycles. The standard InChI is InChI=1S/C24H27BrO3/c1-18-23(26)21-14-13-20(27-16-10-5-3-2-4-9-15-25)17-22(21)28-24(18)19-11-7-6-8-12-19/h6-8,11-14,17H,2-5,9-10,15-16H2,1H3. The largest absolute Gasteiger partial charge is 0.493 e. The average Bonchev–Trinajstić information content (AvgIpc) is 2.73. The fourth-order valence-corrected chi connectivity index (χ4v) is 3.71. The van der Waals surface area contributed by atoms with Crippen LogP contribution in [-0.4, -0.2) is 11.9 Å². The maximum atomic E-state index is 12.7. The van der Waals surface area contributed by atoms with Crippen LogP contribution in [0.2, 0.25) is 0 Å². The van der Waals surface area contributed by atoms with Gasteiger partial charge < -0.3 is 9.15 Å². The molecule has 0 aliphatic carbocycles. The van der Waals surface area contributed by atoms with Crippen LogP contribution in [0.1, 0.15) is 44.1 Å². The predicted molar refractivity (Wildman–Crippen MR) is 120 cm³/mol. The summed E-state index contributed by atoms with van der Waals surface area (Å²) in [5, 5.41) is 1.69. The Labute approximate surface area is 174 Å². The van der Waals surface area contributed by atoms with E-state index in [-0.39, 0.29) is 5.43 Å². The van der Waals surface area contributed by atoms with Crippen LogP contribution in [0, 0.1) is 6.92 Å². The molecule has 148 valence electrons. The van der Waals surface area contributed by atoms with E-state index in [4.69, 9.17) is 9.15 Å². The molecule has 28 heavy (non-hydrogen) atoms. The number of benzene rings is 2. The highest BCUT2D eigenvalue weighted by Crippen LogP contribution is 2.27. The molecular weight excluding hydrogens is 416 g/mol. The normalized spacial score (nSPS) is 11.1. The lowest BCUT2D eigenvalue weighted by atomic mass is 10.1. The zero-order valence-electron chi connectivity index (χ0n) is 16.4. The van der Waals surface area contributed by atoms with Crippen molar-refractivity contribution in [3.05, 3.63) is 64.3 Å². The lowest BCUT2D eigenvalue weighted by Gasteiger charge is -2.10. The molecule has 0 saturated heterocycles. The molecule has 1 heterocycles. The fourth-order valence-electron chi connectivity index (χ4n) is 3.31. The molecule has 1 aromatic heterocycles. The summed E-state index contributed by atoms with van der Waals surface area (Å²) in [6, 6.07) is 15.2. The lowest BCUT2D eigenvalue weighted by Crippen LogP contribution is -2.07. The van der Waals surface area contributed by atoms with Gasteiger partial charge in [-0.05, 0) is 31.9 Å². The fraction of sp³-hybridized carbons (Fsp3) is 0.375. The number of fused-ring (bicyclic) bond motifs is 1. The molecule has 0 atom stereocenters. The molecule has 0 unspecified atom stereocenters. The van der Waals surface area contributed by atoms with Gasteiger partial charge in [0.1, 0.15) is 17.1 Å². The van der Waals surface area contributed by atoms with Gasteiger partial charge in [0.2, 0.25) is 0 Å². The molecule has 0 spiro atoms.